The van der Waals surface area contributed by atoms with Crippen molar-refractivity contribution in [3.63, 3.8) is 0 Å². The summed E-state index contributed by atoms with van der Waals surface area (Å²) < 4.78 is 35.0. The number of nitrogens with zero attached hydrogens (tertiary/aromatic N) is 1. The number of hydrogen-bond acceptors (Lipinski definition) is 6. The highest BCUT2D eigenvalue weighted by Crippen LogP contribution is 2.23. The molecule has 0 radical (unpaired) electrons. The van der Waals surface area contributed by atoms with Crippen molar-refractivity contribution in [2.24, 2.45) is 5.92 Å². The second-order valence-electron chi connectivity index (χ2n) is 5.20. The molecule has 0 spiro atoms. The zero-order valence-electron chi connectivity index (χ0n) is 11.4. The van der Waals surface area contributed by atoms with E-state index in [0.717, 1.165) is 4.31 Å². The summed E-state index contributed by atoms with van der Waals surface area (Å²) in [6, 6.07) is 0. The minimum Gasteiger partial charge on any atom is -0.378 e. The monoisotopic (exact) mass is 305 g/mol. The maximum atomic E-state index is 12.0. The SMILES string of the molecule is CC1CC(C(=O)OS(=O)(=O)N2CCC(=O)CC2)CCO1. The van der Waals surface area contributed by atoms with E-state index in [0.29, 0.717) is 19.4 Å². The van der Waals surface area contributed by atoms with E-state index in [1.54, 1.807) is 0 Å². The number of ketones is 1. The number of Topliss-reactive ketones (excluding diaryl/α,β-unsaturated/α-hetero) is 1. The van der Waals surface area contributed by atoms with Gasteiger partial charge in [0, 0.05) is 32.5 Å². The van der Waals surface area contributed by atoms with E-state index in [9.17, 15) is 18.0 Å². The van der Waals surface area contributed by atoms with Gasteiger partial charge in [-0.15, -0.1) is 0 Å². The largest absolute Gasteiger partial charge is 0.387 e. The molecule has 0 aromatic heterocycles. The van der Waals surface area contributed by atoms with Crippen LogP contribution in [0.3, 0.4) is 0 Å². The fraction of sp³-hybridized carbons (Fsp3) is 0.833. The molecule has 7 nitrogen and oxygen atoms in total. The number of rotatable bonds is 3. The fourth-order valence-electron chi connectivity index (χ4n) is 2.40. The van der Waals surface area contributed by atoms with Crippen molar-refractivity contribution in [1.82, 2.24) is 4.31 Å². The van der Waals surface area contributed by atoms with Crippen LogP contribution in [0.2, 0.25) is 0 Å². The average molecular weight is 305 g/mol. The maximum Gasteiger partial charge on any atom is 0.387 e. The molecular formula is C12H19NO6S. The minimum atomic E-state index is -4.08. The Bertz CT molecular complexity index is 478. The topological polar surface area (TPSA) is 90.0 Å². The van der Waals surface area contributed by atoms with Gasteiger partial charge in [0.1, 0.15) is 5.78 Å². The highest BCUT2D eigenvalue weighted by atomic mass is 32.2. The van der Waals surface area contributed by atoms with Crippen LogP contribution >= 0.6 is 0 Å². The number of carbonyl (C=O) groups excluding carboxylic acids is 2. The number of hydrogen-bond donors (Lipinski definition) is 0. The first-order valence-corrected chi connectivity index (χ1v) is 8.11. The van der Waals surface area contributed by atoms with E-state index < -0.39 is 22.2 Å². The summed E-state index contributed by atoms with van der Waals surface area (Å²) in [4.78, 5) is 23.0. The van der Waals surface area contributed by atoms with Gasteiger partial charge in [0.15, 0.2) is 0 Å². The lowest BCUT2D eigenvalue weighted by Crippen LogP contribution is -2.41. The minimum absolute atomic E-state index is 0.0287. The van der Waals surface area contributed by atoms with Crippen LogP contribution in [0.5, 0.6) is 0 Å². The van der Waals surface area contributed by atoms with Crippen LogP contribution in [0.25, 0.3) is 0 Å². The Morgan fingerprint density at radius 1 is 1.35 bits per heavy atom. The van der Waals surface area contributed by atoms with E-state index in [1.165, 1.54) is 0 Å². The van der Waals surface area contributed by atoms with Gasteiger partial charge in [-0.2, -0.15) is 12.7 Å². The van der Waals surface area contributed by atoms with Crippen molar-refractivity contribution in [2.75, 3.05) is 19.7 Å². The van der Waals surface area contributed by atoms with Gasteiger partial charge in [-0.3, -0.25) is 9.59 Å². The summed E-state index contributed by atoms with van der Waals surface area (Å²) in [6.45, 7) is 2.43. The second-order valence-corrected chi connectivity index (χ2v) is 6.74. The first-order chi connectivity index (χ1) is 9.38. The summed E-state index contributed by atoms with van der Waals surface area (Å²) in [5.74, 6) is -1.14. The number of piperidine rings is 1. The normalized spacial score (nSPS) is 29.1. The number of carbonyl (C=O) groups is 2. The molecule has 2 fully saturated rings. The number of ether oxygens (including phenoxy) is 1. The van der Waals surface area contributed by atoms with Gasteiger partial charge in [-0.25, -0.2) is 0 Å². The molecule has 2 unspecified atom stereocenters. The molecule has 2 saturated heterocycles. The molecule has 114 valence electrons. The molecule has 0 bridgehead atoms. The van der Waals surface area contributed by atoms with E-state index >= 15 is 0 Å². The van der Waals surface area contributed by atoms with Gasteiger partial charge in [-0.05, 0) is 19.8 Å². The molecule has 2 atom stereocenters. The van der Waals surface area contributed by atoms with Crippen LogP contribution < -0.4 is 0 Å². The molecule has 2 aliphatic heterocycles. The summed E-state index contributed by atoms with van der Waals surface area (Å²) in [5.41, 5.74) is 0. The first kappa shape index (κ1) is 15.4. The molecule has 2 rings (SSSR count). The van der Waals surface area contributed by atoms with Gasteiger partial charge >= 0.3 is 16.3 Å². The highest BCUT2D eigenvalue weighted by Gasteiger charge is 2.34. The predicted octanol–water partition coefficient (Wildman–Crippen LogP) is 0.254. The van der Waals surface area contributed by atoms with Crippen LogP contribution in [0.4, 0.5) is 0 Å². The Morgan fingerprint density at radius 2 is 2.00 bits per heavy atom. The summed E-state index contributed by atoms with van der Waals surface area (Å²) in [6.07, 6.45) is 1.21. The molecule has 2 aliphatic rings. The molecule has 8 heteroatoms. The van der Waals surface area contributed by atoms with Crippen LogP contribution in [0.15, 0.2) is 0 Å². The third-order valence-electron chi connectivity index (χ3n) is 3.60. The van der Waals surface area contributed by atoms with Crippen molar-refractivity contribution >= 4 is 22.1 Å². The summed E-state index contributed by atoms with van der Waals surface area (Å²) >= 11 is 0. The fourth-order valence-corrected chi connectivity index (χ4v) is 3.47. The lowest BCUT2D eigenvalue weighted by Gasteiger charge is -2.27. The van der Waals surface area contributed by atoms with Gasteiger partial charge in [0.2, 0.25) is 0 Å². The van der Waals surface area contributed by atoms with Crippen molar-refractivity contribution in [3.8, 4) is 0 Å². The summed E-state index contributed by atoms with van der Waals surface area (Å²) in [7, 11) is -4.08. The van der Waals surface area contributed by atoms with Crippen LogP contribution in [-0.2, 0) is 28.8 Å². The van der Waals surface area contributed by atoms with Gasteiger partial charge in [-0.1, -0.05) is 0 Å². The Balaban J connectivity index is 1.93. The quantitative estimate of drug-likeness (QED) is 0.742. The first-order valence-electron chi connectivity index (χ1n) is 6.75. The van der Waals surface area contributed by atoms with E-state index in [-0.39, 0.29) is 37.8 Å². The van der Waals surface area contributed by atoms with Gasteiger partial charge < -0.3 is 8.92 Å². The standard InChI is InChI=1S/C12H19NO6S/c1-9-8-10(4-7-18-9)12(15)19-20(16,17)13-5-2-11(14)3-6-13/h9-10H,2-8H2,1H3. The van der Waals surface area contributed by atoms with Gasteiger partial charge in [0.05, 0.1) is 12.0 Å². The lowest BCUT2D eigenvalue weighted by molar-refractivity contribution is -0.143. The summed E-state index contributed by atoms with van der Waals surface area (Å²) in [5, 5.41) is 0. The molecule has 0 aromatic rings. The Labute approximate surface area is 118 Å². The third kappa shape index (κ3) is 3.77. The van der Waals surface area contributed by atoms with Crippen molar-refractivity contribution in [1.29, 1.82) is 0 Å². The zero-order valence-corrected chi connectivity index (χ0v) is 12.2. The van der Waals surface area contributed by atoms with E-state index in [2.05, 4.69) is 0 Å². The van der Waals surface area contributed by atoms with E-state index in [4.69, 9.17) is 8.92 Å². The Kier molecular flexibility index (Phi) is 4.77. The zero-order chi connectivity index (χ0) is 14.8. The van der Waals surface area contributed by atoms with Crippen LogP contribution in [0, 0.1) is 5.92 Å². The van der Waals surface area contributed by atoms with Crippen molar-refractivity contribution < 1.29 is 26.9 Å². The van der Waals surface area contributed by atoms with Crippen LogP contribution in [-0.4, -0.2) is 50.3 Å². The molecule has 0 aliphatic carbocycles. The molecule has 0 saturated carbocycles. The Hall–Kier alpha value is -0.990. The molecule has 0 N–H and O–H groups in total. The molecule has 0 amide bonds. The van der Waals surface area contributed by atoms with E-state index in [1.807, 2.05) is 6.92 Å². The smallest absolute Gasteiger partial charge is 0.378 e. The van der Waals surface area contributed by atoms with Gasteiger partial charge in [0.25, 0.3) is 0 Å². The van der Waals surface area contributed by atoms with Crippen molar-refractivity contribution in [3.05, 3.63) is 0 Å². The lowest BCUT2D eigenvalue weighted by atomic mass is 9.97. The second kappa shape index (κ2) is 6.19. The average Bonchev–Trinajstić information content (AvgIpc) is 2.38. The molecule has 2 heterocycles. The third-order valence-corrected chi connectivity index (χ3v) is 4.97. The molecule has 0 aromatic carbocycles. The maximum absolute atomic E-state index is 12.0. The van der Waals surface area contributed by atoms with Crippen molar-refractivity contribution in [2.45, 2.75) is 38.7 Å². The predicted molar refractivity (Wildman–Crippen MR) is 69.0 cm³/mol. The molecule has 20 heavy (non-hydrogen) atoms. The highest BCUT2D eigenvalue weighted by molar-refractivity contribution is 7.84. The Morgan fingerprint density at radius 3 is 2.60 bits per heavy atom. The molecular weight excluding hydrogens is 286 g/mol. The van der Waals surface area contributed by atoms with Crippen LogP contribution in [0.1, 0.15) is 32.6 Å².